The van der Waals surface area contributed by atoms with Crippen molar-refractivity contribution in [3.63, 3.8) is 0 Å². The van der Waals surface area contributed by atoms with Gasteiger partial charge in [0.15, 0.2) is 0 Å². The highest BCUT2D eigenvalue weighted by Crippen LogP contribution is 2.12. The molecule has 1 atom stereocenters. The van der Waals surface area contributed by atoms with Crippen molar-refractivity contribution in [2.75, 3.05) is 18.5 Å². The minimum atomic E-state index is -0.948. The molecule has 7 heteroatoms. The van der Waals surface area contributed by atoms with Gasteiger partial charge in [0.05, 0.1) is 18.9 Å². The van der Waals surface area contributed by atoms with Crippen LogP contribution in [0.1, 0.15) is 19.9 Å². The third-order valence-corrected chi connectivity index (χ3v) is 2.11. The summed E-state index contributed by atoms with van der Waals surface area (Å²) in [5.41, 5.74) is 0. The van der Waals surface area contributed by atoms with Crippen LogP contribution in [0.2, 0.25) is 0 Å². The molecule has 1 aromatic rings. The first-order chi connectivity index (χ1) is 8.04. The molecule has 0 unspecified atom stereocenters. The Hall–Kier alpha value is -1.60. The van der Waals surface area contributed by atoms with Gasteiger partial charge in [-0.2, -0.15) is 5.10 Å². The average molecular weight is 242 g/mol. The lowest BCUT2D eigenvalue weighted by Crippen LogP contribution is -2.37. The highest BCUT2D eigenvalue weighted by molar-refractivity contribution is 5.88. The maximum atomic E-state index is 11.4. The number of nitrogens with zero attached hydrogens (tertiary/aromatic N) is 2. The molecule has 0 bridgehead atoms. The second-order valence-electron chi connectivity index (χ2n) is 3.93. The van der Waals surface area contributed by atoms with Gasteiger partial charge in [0.1, 0.15) is 5.82 Å². The van der Waals surface area contributed by atoms with Gasteiger partial charge in [-0.25, -0.2) is 9.48 Å². The van der Waals surface area contributed by atoms with Gasteiger partial charge in [0.2, 0.25) is 0 Å². The van der Waals surface area contributed by atoms with E-state index in [1.165, 1.54) is 0 Å². The third-order valence-electron chi connectivity index (χ3n) is 2.11. The van der Waals surface area contributed by atoms with Crippen LogP contribution in [0.25, 0.3) is 0 Å². The summed E-state index contributed by atoms with van der Waals surface area (Å²) in [7, 11) is 0. The summed E-state index contributed by atoms with van der Waals surface area (Å²) in [5, 5.41) is 26.8. The second-order valence-corrected chi connectivity index (χ2v) is 3.93. The van der Waals surface area contributed by atoms with Gasteiger partial charge in [-0.3, -0.25) is 5.32 Å². The van der Waals surface area contributed by atoms with E-state index in [4.69, 9.17) is 10.2 Å². The summed E-state index contributed by atoms with van der Waals surface area (Å²) in [5.74, 6) is 0.580. The number of aliphatic hydroxyl groups excluding tert-OH is 2. The molecule has 0 aromatic carbocycles. The fourth-order valence-electron chi connectivity index (χ4n) is 1.26. The minimum Gasteiger partial charge on any atom is -0.394 e. The summed E-state index contributed by atoms with van der Waals surface area (Å²) in [4.78, 5) is 11.4. The van der Waals surface area contributed by atoms with Crippen molar-refractivity contribution in [2.45, 2.75) is 26.0 Å². The summed E-state index contributed by atoms with van der Waals surface area (Å²) >= 11 is 0. The topological polar surface area (TPSA) is 99.4 Å². The van der Waals surface area contributed by atoms with Crippen LogP contribution < -0.4 is 10.6 Å². The number of carbonyl (C=O) groups excluding carboxylic acids is 1. The number of anilines is 1. The van der Waals surface area contributed by atoms with Crippen molar-refractivity contribution < 1.29 is 15.0 Å². The van der Waals surface area contributed by atoms with E-state index in [-0.39, 0.29) is 19.2 Å². The minimum absolute atomic E-state index is 0.00184. The molecule has 0 fully saturated rings. The fraction of sp³-hybridized carbons (Fsp3) is 0.600. The van der Waals surface area contributed by atoms with Crippen molar-refractivity contribution in [2.24, 2.45) is 0 Å². The summed E-state index contributed by atoms with van der Waals surface area (Å²) in [6, 6.07) is 1.38. The maximum Gasteiger partial charge on any atom is 0.320 e. The predicted molar refractivity (Wildman–Crippen MR) is 62.7 cm³/mol. The molecule has 1 aromatic heterocycles. The quantitative estimate of drug-likeness (QED) is 0.581. The number of carbonyl (C=O) groups is 1. The first-order valence-corrected chi connectivity index (χ1v) is 5.42. The second kappa shape index (κ2) is 6.21. The Bertz CT molecular complexity index is 364. The smallest absolute Gasteiger partial charge is 0.320 e. The summed E-state index contributed by atoms with van der Waals surface area (Å²) in [6.45, 7) is 3.51. The Morgan fingerprint density at radius 1 is 1.59 bits per heavy atom. The monoisotopic (exact) mass is 242 g/mol. The molecule has 1 rings (SSSR count). The molecular weight excluding hydrogens is 224 g/mol. The molecule has 0 saturated heterocycles. The lowest BCUT2D eigenvalue weighted by molar-refractivity contribution is 0.0965. The van der Waals surface area contributed by atoms with E-state index in [1.54, 1.807) is 16.9 Å². The maximum absolute atomic E-state index is 11.4. The van der Waals surface area contributed by atoms with Crippen LogP contribution in [0.15, 0.2) is 12.3 Å². The van der Waals surface area contributed by atoms with E-state index in [1.807, 2.05) is 13.8 Å². The number of aromatic nitrogens is 2. The third kappa shape index (κ3) is 4.04. The van der Waals surface area contributed by atoms with Crippen molar-refractivity contribution >= 4 is 11.8 Å². The predicted octanol–water partition coefficient (Wildman–Crippen LogP) is -0.0613. The van der Waals surface area contributed by atoms with Gasteiger partial charge in [-0.1, -0.05) is 0 Å². The van der Waals surface area contributed by atoms with Crippen LogP contribution in [0, 0.1) is 0 Å². The molecule has 0 saturated carbocycles. The van der Waals surface area contributed by atoms with E-state index in [0.29, 0.717) is 5.82 Å². The van der Waals surface area contributed by atoms with Gasteiger partial charge in [-0.15, -0.1) is 0 Å². The highest BCUT2D eigenvalue weighted by atomic mass is 16.3. The standard InChI is InChI=1S/C10H18N4O3/c1-7(2)14-9(3-4-12-14)13-10(17)11-5-8(16)6-15/h3-4,7-8,15-16H,5-6H2,1-2H3,(H2,11,13,17)/t8-/m0/s1. The number of urea groups is 1. The van der Waals surface area contributed by atoms with Crippen LogP contribution in [0.4, 0.5) is 10.6 Å². The number of aliphatic hydroxyl groups is 2. The Morgan fingerprint density at radius 2 is 2.29 bits per heavy atom. The zero-order valence-corrected chi connectivity index (χ0v) is 9.92. The normalized spacial score (nSPS) is 12.5. The molecular formula is C10H18N4O3. The lowest BCUT2D eigenvalue weighted by Gasteiger charge is -2.13. The number of amides is 2. The number of hydrogen-bond donors (Lipinski definition) is 4. The van der Waals surface area contributed by atoms with E-state index >= 15 is 0 Å². The molecule has 0 spiro atoms. The highest BCUT2D eigenvalue weighted by Gasteiger charge is 2.10. The van der Waals surface area contributed by atoms with Crippen LogP contribution in [-0.4, -0.2) is 45.3 Å². The Morgan fingerprint density at radius 3 is 2.88 bits per heavy atom. The van der Waals surface area contributed by atoms with Crippen molar-refractivity contribution in [3.8, 4) is 0 Å². The fourth-order valence-corrected chi connectivity index (χ4v) is 1.26. The average Bonchev–Trinajstić information content (AvgIpc) is 2.74. The Labute approximate surface area is 99.4 Å². The Balaban J connectivity index is 2.48. The van der Waals surface area contributed by atoms with Gasteiger partial charge in [-0.05, 0) is 13.8 Å². The largest absolute Gasteiger partial charge is 0.394 e. The molecule has 96 valence electrons. The van der Waals surface area contributed by atoms with Crippen molar-refractivity contribution in [3.05, 3.63) is 12.3 Å². The number of nitrogens with one attached hydrogen (secondary N) is 2. The van der Waals surface area contributed by atoms with E-state index in [2.05, 4.69) is 15.7 Å². The lowest BCUT2D eigenvalue weighted by atomic mass is 10.4. The molecule has 1 heterocycles. The zero-order valence-electron chi connectivity index (χ0n) is 9.92. The van der Waals surface area contributed by atoms with E-state index in [0.717, 1.165) is 0 Å². The van der Waals surface area contributed by atoms with Crippen molar-refractivity contribution in [1.29, 1.82) is 0 Å². The number of hydrogen-bond acceptors (Lipinski definition) is 4. The van der Waals surface area contributed by atoms with Crippen LogP contribution >= 0.6 is 0 Å². The molecule has 0 aliphatic carbocycles. The molecule has 17 heavy (non-hydrogen) atoms. The SMILES string of the molecule is CC(C)n1nccc1NC(=O)NC[C@H](O)CO. The molecule has 0 aliphatic rings. The van der Waals surface area contributed by atoms with Gasteiger partial charge in [0, 0.05) is 18.7 Å². The zero-order chi connectivity index (χ0) is 12.8. The first-order valence-electron chi connectivity index (χ1n) is 5.42. The van der Waals surface area contributed by atoms with Gasteiger partial charge in [0.25, 0.3) is 0 Å². The molecule has 0 aliphatic heterocycles. The van der Waals surface area contributed by atoms with Crippen molar-refractivity contribution in [1.82, 2.24) is 15.1 Å². The van der Waals surface area contributed by atoms with Crippen LogP contribution in [-0.2, 0) is 0 Å². The Kier molecular flexibility index (Phi) is 4.92. The van der Waals surface area contributed by atoms with E-state index in [9.17, 15) is 4.79 Å². The first kappa shape index (κ1) is 13.5. The van der Waals surface area contributed by atoms with Crippen LogP contribution in [0.5, 0.6) is 0 Å². The molecule has 7 nitrogen and oxygen atoms in total. The molecule has 2 amide bonds. The van der Waals surface area contributed by atoms with Gasteiger partial charge >= 0.3 is 6.03 Å². The van der Waals surface area contributed by atoms with Gasteiger partial charge < -0.3 is 15.5 Å². The number of rotatable bonds is 5. The summed E-state index contributed by atoms with van der Waals surface area (Å²) in [6.07, 6.45) is 0.647. The molecule has 4 N–H and O–H groups in total. The van der Waals surface area contributed by atoms with Crippen LogP contribution in [0.3, 0.4) is 0 Å². The summed E-state index contributed by atoms with van der Waals surface area (Å²) < 4.78 is 1.67. The van der Waals surface area contributed by atoms with E-state index < -0.39 is 12.1 Å². The molecule has 0 radical (unpaired) electrons.